The molecule has 0 aliphatic carbocycles. The molecule has 1 atom stereocenters. The van der Waals surface area contributed by atoms with Gasteiger partial charge >= 0.3 is 0 Å². The normalized spacial score (nSPS) is 20.7. The van der Waals surface area contributed by atoms with Crippen molar-refractivity contribution < 1.29 is 4.74 Å². The highest BCUT2D eigenvalue weighted by Gasteiger charge is 2.38. The van der Waals surface area contributed by atoms with Crippen LogP contribution in [0.2, 0.25) is 0 Å². The van der Waals surface area contributed by atoms with Crippen LogP contribution in [-0.4, -0.2) is 24.5 Å². The zero-order valence-corrected chi connectivity index (χ0v) is 19.7. The third-order valence-corrected chi connectivity index (χ3v) is 6.95. The number of nitrogens with two attached hydrogens (primary N) is 1. The van der Waals surface area contributed by atoms with Crippen LogP contribution >= 0.6 is 31.9 Å². The first-order chi connectivity index (χ1) is 14.5. The summed E-state index contributed by atoms with van der Waals surface area (Å²) in [5.74, 6) is 0.721. The number of nitriles is 1. The molecule has 6 heteroatoms. The maximum Gasteiger partial charge on any atom is 0.205 e. The molecule has 2 N–H and O–H groups in total. The summed E-state index contributed by atoms with van der Waals surface area (Å²) in [4.78, 5) is 2.35. The van der Waals surface area contributed by atoms with Crippen LogP contribution in [0.5, 0.6) is 0 Å². The van der Waals surface area contributed by atoms with E-state index in [1.807, 2.05) is 42.5 Å². The van der Waals surface area contributed by atoms with Crippen LogP contribution in [0.1, 0.15) is 24.0 Å². The molecule has 4 rings (SSSR count). The van der Waals surface area contributed by atoms with Gasteiger partial charge in [-0.3, -0.25) is 4.90 Å². The number of rotatable bonds is 3. The molecule has 0 radical (unpaired) electrons. The van der Waals surface area contributed by atoms with Gasteiger partial charge in [-0.05, 0) is 41.5 Å². The zero-order chi connectivity index (χ0) is 21.3. The van der Waals surface area contributed by atoms with Crippen molar-refractivity contribution in [3.8, 4) is 6.07 Å². The average Bonchev–Trinajstić information content (AvgIpc) is 2.75. The Kier molecular flexibility index (Phi) is 6.14. The first-order valence-corrected chi connectivity index (χ1v) is 11.3. The van der Waals surface area contributed by atoms with Crippen LogP contribution in [-0.2, 0) is 4.74 Å². The maximum absolute atomic E-state index is 9.89. The molecule has 0 saturated carbocycles. The van der Waals surface area contributed by atoms with E-state index in [0.717, 1.165) is 56.6 Å². The number of hydrogen-bond donors (Lipinski definition) is 1. The van der Waals surface area contributed by atoms with Gasteiger partial charge in [0.25, 0.3) is 0 Å². The van der Waals surface area contributed by atoms with E-state index >= 15 is 0 Å². The Bertz CT molecular complexity index is 1130. The number of benzene rings is 2. The number of allylic oxidation sites excluding steroid dienone is 1. The Morgan fingerprint density at radius 2 is 1.83 bits per heavy atom. The largest absolute Gasteiger partial charge is 0.440 e. The molecular formula is C24H21Br2N3O. The quantitative estimate of drug-likeness (QED) is 0.557. The molecule has 4 nitrogen and oxygen atoms in total. The fraction of sp³-hybridized carbons (Fsp3) is 0.208. The highest BCUT2D eigenvalue weighted by atomic mass is 79.9. The molecule has 0 bridgehead atoms. The number of likely N-dealkylation sites (N-methyl/N-ethyl adjacent to an activating group) is 1. The molecular weight excluding hydrogens is 506 g/mol. The lowest BCUT2D eigenvalue weighted by atomic mass is 9.80. The molecule has 2 aliphatic heterocycles. The second-order valence-electron chi connectivity index (χ2n) is 7.30. The third-order valence-electron chi connectivity index (χ3n) is 5.50. The van der Waals surface area contributed by atoms with Crippen LogP contribution in [0.4, 0.5) is 0 Å². The van der Waals surface area contributed by atoms with Crippen LogP contribution in [0.3, 0.4) is 0 Å². The van der Waals surface area contributed by atoms with Crippen molar-refractivity contribution in [2.24, 2.45) is 5.73 Å². The van der Waals surface area contributed by atoms with Gasteiger partial charge in [0, 0.05) is 27.6 Å². The van der Waals surface area contributed by atoms with E-state index in [4.69, 9.17) is 10.5 Å². The van der Waals surface area contributed by atoms with Crippen LogP contribution in [0.15, 0.2) is 85.8 Å². The zero-order valence-electron chi connectivity index (χ0n) is 16.5. The fourth-order valence-corrected chi connectivity index (χ4v) is 4.92. The Morgan fingerprint density at radius 1 is 1.13 bits per heavy atom. The highest BCUT2D eigenvalue weighted by Crippen LogP contribution is 2.45. The molecule has 0 amide bonds. The van der Waals surface area contributed by atoms with Crippen molar-refractivity contribution in [3.63, 3.8) is 0 Å². The second-order valence-corrected chi connectivity index (χ2v) is 9.00. The smallest absolute Gasteiger partial charge is 0.205 e. The van der Waals surface area contributed by atoms with E-state index < -0.39 is 0 Å². The molecule has 2 aromatic carbocycles. The van der Waals surface area contributed by atoms with E-state index in [9.17, 15) is 5.26 Å². The maximum atomic E-state index is 9.89. The van der Waals surface area contributed by atoms with Gasteiger partial charge in [0.05, 0.1) is 5.92 Å². The number of halogens is 2. The molecule has 2 aliphatic rings. The van der Waals surface area contributed by atoms with Gasteiger partial charge in [0.1, 0.15) is 17.4 Å². The summed E-state index contributed by atoms with van der Waals surface area (Å²) < 4.78 is 8.07. The molecule has 30 heavy (non-hydrogen) atoms. The first-order valence-electron chi connectivity index (χ1n) is 9.76. The molecule has 0 fully saturated rings. The SMILES string of the molecule is CCN1CC2=C(OC(N)=C(C#N)[C@@H]2c2ccccc2Br)/C(=C/c2ccccc2Br)C1. The van der Waals surface area contributed by atoms with E-state index in [1.165, 1.54) is 0 Å². The summed E-state index contributed by atoms with van der Waals surface area (Å²) in [6, 6.07) is 18.4. The van der Waals surface area contributed by atoms with Crippen molar-refractivity contribution in [1.29, 1.82) is 5.26 Å². The number of hydrogen-bond acceptors (Lipinski definition) is 4. The standard InChI is InChI=1S/C24H21Br2N3O/c1-2-29-13-16(11-15-7-3-5-9-20(15)25)23-19(14-29)22(18(12-27)24(28)30-23)17-8-4-6-10-21(17)26/h3-11,22H,2,13-14,28H2,1H3/b16-11+/t22-/m0/s1. The molecule has 152 valence electrons. The minimum absolute atomic E-state index is 0.181. The summed E-state index contributed by atoms with van der Waals surface area (Å²) in [7, 11) is 0. The minimum atomic E-state index is -0.244. The van der Waals surface area contributed by atoms with E-state index in [2.05, 4.69) is 61.9 Å². The lowest BCUT2D eigenvalue weighted by Gasteiger charge is -2.38. The predicted molar refractivity (Wildman–Crippen MR) is 126 cm³/mol. The average molecular weight is 527 g/mol. The lowest BCUT2D eigenvalue weighted by molar-refractivity contribution is 0.239. The lowest BCUT2D eigenvalue weighted by Crippen LogP contribution is -2.38. The third kappa shape index (κ3) is 3.85. The van der Waals surface area contributed by atoms with Gasteiger partial charge in [0.2, 0.25) is 5.88 Å². The van der Waals surface area contributed by atoms with E-state index in [-0.39, 0.29) is 11.8 Å². The summed E-state index contributed by atoms with van der Waals surface area (Å²) in [6.07, 6.45) is 2.14. The van der Waals surface area contributed by atoms with Crippen molar-refractivity contribution in [1.82, 2.24) is 4.90 Å². The second kappa shape index (κ2) is 8.81. The molecule has 0 saturated heterocycles. The van der Waals surface area contributed by atoms with Gasteiger partial charge in [-0.1, -0.05) is 75.2 Å². The van der Waals surface area contributed by atoms with E-state index in [0.29, 0.717) is 5.57 Å². The van der Waals surface area contributed by atoms with Crippen molar-refractivity contribution >= 4 is 37.9 Å². The summed E-state index contributed by atoms with van der Waals surface area (Å²) >= 11 is 7.30. The van der Waals surface area contributed by atoms with Crippen molar-refractivity contribution in [2.75, 3.05) is 19.6 Å². The Labute approximate surface area is 193 Å². The fourth-order valence-electron chi connectivity index (χ4n) is 4.01. The summed E-state index contributed by atoms with van der Waals surface area (Å²) in [5.41, 5.74) is 10.9. The monoisotopic (exact) mass is 525 g/mol. The topological polar surface area (TPSA) is 62.3 Å². The van der Waals surface area contributed by atoms with Gasteiger partial charge in [-0.2, -0.15) is 5.26 Å². The molecule has 2 heterocycles. The molecule has 0 spiro atoms. The Balaban J connectivity index is 1.92. The van der Waals surface area contributed by atoms with Gasteiger partial charge in [0.15, 0.2) is 0 Å². The first kappa shape index (κ1) is 20.9. The summed E-state index contributed by atoms with van der Waals surface area (Å²) in [6.45, 7) is 4.53. The molecule has 0 unspecified atom stereocenters. The van der Waals surface area contributed by atoms with E-state index in [1.54, 1.807) is 0 Å². The van der Waals surface area contributed by atoms with Gasteiger partial charge in [-0.15, -0.1) is 0 Å². The Hall–Kier alpha value is -2.33. The van der Waals surface area contributed by atoms with Gasteiger partial charge in [-0.25, -0.2) is 0 Å². The van der Waals surface area contributed by atoms with Crippen molar-refractivity contribution in [2.45, 2.75) is 12.8 Å². The molecule has 2 aromatic rings. The molecule has 0 aromatic heterocycles. The number of nitrogens with zero attached hydrogens (tertiary/aromatic N) is 2. The summed E-state index contributed by atoms with van der Waals surface area (Å²) in [5, 5.41) is 9.89. The predicted octanol–water partition coefficient (Wildman–Crippen LogP) is 5.69. The van der Waals surface area contributed by atoms with Crippen LogP contribution in [0.25, 0.3) is 6.08 Å². The van der Waals surface area contributed by atoms with Crippen LogP contribution in [0, 0.1) is 11.3 Å². The number of ether oxygens (including phenoxy) is 1. The van der Waals surface area contributed by atoms with Crippen molar-refractivity contribution in [3.05, 3.63) is 97.0 Å². The minimum Gasteiger partial charge on any atom is -0.440 e. The van der Waals surface area contributed by atoms with Gasteiger partial charge < -0.3 is 10.5 Å². The highest BCUT2D eigenvalue weighted by molar-refractivity contribution is 9.10. The van der Waals surface area contributed by atoms with Crippen LogP contribution < -0.4 is 5.73 Å². The Morgan fingerprint density at radius 3 is 2.50 bits per heavy atom.